The standard InChI is InChI=1S/C7H8N2OS/c1-2-3-10-9-4-7-5-11-6-8-7/h1,5-6,9H,3-4H2. The molecule has 0 aliphatic rings. The first-order chi connectivity index (χ1) is 5.43. The van der Waals surface area contributed by atoms with Gasteiger partial charge < -0.3 is 0 Å². The Labute approximate surface area is 69.4 Å². The molecule has 1 heterocycles. The van der Waals surface area contributed by atoms with Crippen molar-refractivity contribution in [3.05, 3.63) is 16.6 Å². The van der Waals surface area contributed by atoms with E-state index in [1.807, 2.05) is 5.38 Å². The van der Waals surface area contributed by atoms with Crippen molar-refractivity contribution in [2.45, 2.75) is 6.54 Å². The Morgan fingerprint density at radius 2 is 2.73 bits per heavy atom. The summed E-state index contributed by atoms with van der Waals surface area (Å²) in [6, 6.07) is 0. The van der Waals surface area contributed by atoms with Crippen molar-refractivity contribution in [2.24, 2.45) is 0 Å². The van der Waals surface area contributed by atoms with Gasteiger partial charge in [-0.25, -0.2) is 4.98 Å². The maximum Gasteiger partial charge on any atom is 0.128 e. The quantitative estimate of drug-likeness (QED) is 0.410. The largest absolute Gasteiger partial charge is 0.289 e. The minimum atomic E-state index is 0.282. The molecular formula is C7H8N2OS. The molecule has 0 spiro atoms. The van der Waals surface area contributed by atoms with Crippen LogP contribution in [0.3, 0.4) is 0 Å². The molecule has 0 aromatic carbocycles. The summed E-state index contributed by atoms with van der Waals surface area (Å²) < 4.78 is 0. The highest BCUT2D eigenvalue weighted by atomic mass is 32.1. The number of hydroxylamine groups is 1. The van der Waals surface area contributed by atoms with Gasteiger partial charge in [0, 0.05) is 5.38 Å². The van der Waals surface area contributed by atoms with Gasteiger partial charge >= 0.3 is 0 Å². The molecule has 3 nitrogen and oxygen atoms in total. The molecule has 1 rings (SSSR count). The maximum atomic E-state index is 4.96. The van der Waals surface area contributed by atoms with E-state index in [-0.39, 0.29) is 6.61 Å². The van der Waals surface area contributed by atoms with Gasteiger partial charge in [-0.05, 0) is 0 Å². The fraction of sp³-hybridized carbons (Fsp3) is 0.286. The van der Waals surface area contributed by atoms with Crippen molar-refractivity contribution in [1.29, 1.82) is 0 Å². The van der Waals surface area contributed by atoms with Crippen LogP contribution in [-0.2, 0) is 11.4 Å². The SMILES string of the molecule is C#CCONCc1cscn1. The summed E-state index contributed by atoms with van der Waals surface area (Å²) in [5, 5.41) is 1.95. The van der Waals surface area contributed by atoms with Crippen molar-refractivity contribution in [1.82, 2.24) is 10.5 Å². The summed E-state index contributed by atoms with van der Waals surface area (Å²) in [4.78, 5) is 8.87. The van der Waals surface area contributed by atoms with Gasteiger partial charge in [-0.2, -0.15) is 5.48 Å². The van der Waals surface area contributed by atoms with E-state index in [4.69, 9.17) is 11.3 Å². The van der Waals surface area contributed by atoms with Crippen LogP contribution < -0.4 is 5.48 Å². The van der Waals surface area contributed by atoms with Gasteiger partial charge in [-0.15, -0.1) is 17.8 Å². The molecule has 4 heteroatoms. The minimum Gasteiger partial charge on any atom is -0.289 e. The van der Waals surface area contributed by atoms with E-state index in [0.717, 1.165) is 5.69 Å². The summed E-state index contributed by atoms with van der Waals surface area (Å²) in [7, 11) is 0. The average molecular weight is 168 g/mol. The van der Waals surface area contributed by atoms with Crippen LogP contribution in [0.2, 0.25) is 0 Å². The van der Waals surface area contributed by atoms with Crippen LogP contribution in [0.15, 0.2) is 10.9 Å². The van der Waals surface area contributed by atoms with Crippen LogP contribution in [0, 0.1) is 12.3 Å². The highest BCUT2D eigenvalue weighted by Crippen LogP contribution is 1.99. The fourth-order valence-corrected chi connectivity index (χ4v) is 1.10. The number of aromatic nitrogens is 1. The van der Waals surface area contributed by atoms with Crippen LogP contribution in [-0.4, -0.2) is 11.6 Å². The number of hydrogen-bond donors (Lipinski definition) is 1. The van der Waals surface area contributed by atoms with E-state index in [9.17, 15) is 0 Å². The van der Waals surface area contributed by atoms with E-state index < -0.39 is 0 Å². The molecule has 0 saturated carbocycles. The molecule has 0 unspecified atom stereocenters. The number of nitrogens with one attached hydrogen (secondary N) is 1. The molecule has 1 aromatic rings. The smallest absolute Gasteiger partial charge is 0.128 e. The number of terminal acetylenes is 1. The van der Waals surface area contributed by atoms with Crippen LogP contribution in [0.1, 0.15) is 5.69 Å². The van der Waals surface area contributed by atoms with E-state index in [2.05, 4.69) is 16.4 Å². The molecule has 1 aromatic heterocycles. The lowest BCUT2D eigenvalue weighted by molar-refractivity contribution is 0.0608. The molecule has 11 heavy (non-hydrogen) atoms. The van der Waals surface area contributed by atoms with E-state index in [1.54, 1.807) is 16.8 Å². The summed E-state index contributed by atoms with van der Waals surface area (Å²) in [5.74, 6) is 2.35. The molecule has 1 N–H and O–H groups in total. The third kappa shape index (κ3) is 3.14. The van der Waals surface area contributed by atoms with Crippen LogP contribution in [0.5, 0.6) is 0 Å². The Kier molecular flexibility index (Phi) is 3.62. The van der Waals surface area contributed by atoms with Crippen LogP contribution in [0.4, 0.5) is 0 Å². The molecule has 0 bridgehead atoms. The van der Waals surface area contributed by atoms with Crippen molar-refractivity contribution >= 4 is 11.3 Å². The second-order valence-electron chi connectivity index (χ2n) is 1.79. The lowest BCUT2D eigenvalue weighted by Crippen LogP contribution is -2.14. The number of thiazole rings is 1. The minimum absolute atomic E-state index is 0.282. The zero-order valence-electron chi connectivity index (χ0n) is 5.91. The van der Waals surface area contributed by atoms with Gasteiger partial charge in [-0.3, -0.25) is 4.84 Å². The van der Waals surface area contributed by atoms with Gasteiger partial charge in [0.15, 0.2) is 0 Å². The van der Waals surface area contributed by atoms with Crippen molar-refractivity contribution in [3.63, 3.8) is 0 Å². The number of nitrogens with zero attached hydrogens (tertiary/aromatic N) is 1. The Bertz CT molecular complexity index is 227. The zero-order valence-corrected chi connectivity index (χ0v) is 6.73. The third-order valence-electron chi connectivity index (χ3n) is 0.994. The summed E-state index contributed by atoms with van der Waals surface area (Å²) in [6.07, 6.45) is 4.96. The predicted molar refractivity (Wildman–Crippen MR) is 43.7 cm³/mol. The number of rotatable bonds is 4. The van der Waals surface area contributed by atoms with Crippen LogP contribution in [0.25, 0.3) is 0 Å². The van der Waals surface area contributed by atoms with Crippen molar-refractivity contribution in [3.8, 4) is 12.3 Å². The first-order valence-corrected chi connectivity index (χ1v) is 4.03. The van der Waals surface area contributed by atoms with E-state index in [0.29, 0.717) is 6.54 Å². The lowest BCUT2D eigenvalue weighted by Gasteiger charge is -1.98. The summed E-state index contributed by atoms with van der Waals surface area (Å²) >= 11 is 1.56. The second-order valence-corrected chi connectivity index (χ2v) is 2.51. The Balaban J connectivity index is 2.10. The maximum absolute atomic E-state index is 4.96. The van der Waals surface area contributed by atoms with Gasteiger partial charge in [0.2, 0.25) is 0 Å². The molecule has 0 saturated heterocycles. The molecule has 0 radical (unpaired) electrons. The fourth-order valence-electron chi connectivity index (χ4n) is 0.543. The Morgan fingerprint density at radius 3 is 3.36 bits per heavy atom. The zero-order chi connectivity index (χ0) is 7.94. The molecule has 58 valence electrons. The van der Waals surface area contributed by atoms with Gasteiger partial charge in [0.25, 0.3) is 0 Å². The number of hydrogen-bond acceptors (Lipinski definition) is 4. The summed E-state index contributed by atoms with van der Waals surface area (Å²) in [6.45, 7) is 0.884. The third-order valence-corrected chi connectivity index (χ3v) is 1.63. The van der Waals surface area contributed by atoms with Crippen LogP contribution >= 0.6 is 11.3 Å². The lowest BCUT2D eigenvalue weighted by atomic mass is 10.5. The highest BCUT2D eigenvalue weighted by Gasteiger charge is 1.91. The van der Waals surface area contributed by atoms with Crippen molar-refractivity contribution < 1.29 is 4.84 Å². The molecule has 0 fully saturated rings. The van der Waals surface area contributed by atoms with E-state index in [1.165, 1.54) is 0 Å². The monoisotopic (exact) mass is 168 g/mol. The molecule has 0 aliphatic heterocycles. The predicted octanol–water partition coefficient (Wildman–Crippen LogP) is 0.797. The van der Waals surface area contributed by atoms with Gasteiger partial charge in [0.05, 0.1) is 17.7 Å². The Morgan fingerprint density at radius 1 is 1.82 bits per heavy atom. The van der Waals surface area contributed by atoms with Gasteiger partial charge in [0.1, 0.15) is 6.61 Å². The molecule has 0 aliphatic carbocycles. The topological polar surface area (TPSA) is 34.1 Å². The average Bonchev–Trinajstić information content (AvgIpc) is 2.50. The first-order valence-electron chi connectivity index (χ1n) is 3.08. The molecule has 0 atom stereocenters. The second kappa shape index (κ2) is 4.85. The Hall–Kier alpha value is -0.890. The molecule has 0 amide bonds. The van der Waals surface area contributed by atoms with E-state index >= 15 is 0 Å². The molecular weight excluding hydrogens is 160 g/mol. The van der Waals surface area contributed by atoms with Gasteiger partial charge in [-0.1, -0.05) is 5.92 Å². The summed E-state index contributed by atoms with van der Waals surface area (Å²) in [5.41, 5.74) is 5.43. The normalized spacial score (nSPS) is 9.36. The van der Waals surface area contributed by atoms with Crippen molar-refractivity contribution in [2.75, 3.05) is 6.61 Å². The highest BCUT2D eigenvalue weighted by molar-refractivity contribution is 7.07. The first kappa shape index (κ1) is 8.21.